The highest BCUT2D eigenvalue weighted by Gasteiger charge is 2.39. The molecule has 0 bridgehead atoms. The lowest BCUT2D eigenvalue weighted by atomic mass is 10.4. The van der Waals surface area contributed by atoms with Crippen LogP contribution in [-0.2, 0) is 0 Å². The second kappa shape index (κ2) is 6.89. The van der Waals surface area contributed by atoms with Gasteiger partial charge in [-0.1, -0.05) is 54.6 Å². The molecule has 3 aromatic rings. The lowest BCUT2D eigenvalue weighted by molar-refractivity contribution is 1.72. The first-order chi connectivity index (χ1) is 9.82. The van der Waals surface area contributed by atoms with Crippen molar-refractivity contribution in [2.24, 2.45) is 0 Å². The molecule has 0 aliphatic rings. The summed E-state index contributed by atoms with van der Waals surface area (Å²) in [5, 5.41) is 4.28. The van der Waals surface area contributed by atoms with E-state index in [2.05, 4.69) is 97.7 Å². The van der Waals surface area contributed by atoms with Gasteiger partial charge in [0.2, 0.25) is 0 Å². The van der Waals surface area contributed by atoms with Gasteiger partial charge in [0.05, 0.1) is 6.66 Å². The highest BCUT2D eigenvalue weighted by atomic mass is 35.5. The maximum Gasteiger partial charge on any atom is 0.109 e. The van der Waals surface area contributed by atoms with Gasteiger partial charge >= 0.3 is 0 Å². The monoisotopic (exact) mass is 313 g/mol. The van der Waals surface area contributed by atoms with E-state index in [-0.39, 0.29) is 12.4 Å². The highest BCUT2D eigenvalue weighted by molar-refractivity contribution is 7.95. The number of hydrogen-bond donors (Lipinski definition) is 0. The fourth-order valence-corrected chi connectivity index (χ4v) is 5.83. The third-order valence-corrected chi connectivity index (χ3v) is 7.81. The maximum absolute atomic E-state index is 2.41. The van der Waals surface area contributed by atoms with Gasteiger partial charge in [0, 0.05) is 0 Å². The maximum atomic E-state index is 2.41. The van der Waals surface area contributed by atoms with Crippen LogP contribution in [0.2, 0.25) is 0 Å². The van der Waals surface area contributed by atoms with E-state index < -0.39 is 7.26 Å². The fourth-order valence-electron chi connectivity index (χ4n) is 2.63. The first kappa shape index (κ1) is 15.8. The van der Waals surface area contributed by atoms with Crippen molar-refractivity contribution in [1.82, 2.24) is 0 Å². The minimum absolute atomic E-state index is 0. The van der Waals surface area contributed by atoms with Crippen LogP contribution >= 0.6 is 19.7 Å². The van der Waals surface area contributed by atoms with Crippen LogP contribution in [-0.4, -0.2) is 6.66 Å². The average Bonchev–Trinajstić information content (AvgIpc) is 2.56. The Morgan fingerprint density at radius 2 is 0.714 bits per heavy atom. The van der Waals surface area contributed by atoms with Gasteiger partial charge in [-0.2, -0.15) is 0 Å². The van der Waals surface area contributed by atoms with Gasteiger partial charge in [0.15, 0.2) is 0 Å². The number of halogens is 1. The zero-order chi connectivity index (χ0) is 13.8. The average molecular weight is 314 g/mol. The molecule has 106 valence electrons. The van der Waals surface area contributed by atoms with Crippen LogP contribution < -0.4 is 15.9 Å². The van der Waals surface area contributed by atoms with Gasteiger partial charge in [-0.15, -0.1) is 12.4 Å². The van der Waals surface area contributed by atoms with Gasteiger partial charge in [-0.25, -0.2) is 0 Å². The lowest BCUT2D eigenvalue weighted by Crippen LogP contribution is -2.30. The predicted octanol–water partition coefficient (Wildman–Crippen LogP) is 4.03. The van der Waals surface area contributed by atoms with E-state index in [4.69, 9.17) is 0 Å². The Morgan fingerprint density at radius 1 is 0.476 bits per heavy atom. The van der Waals surface area contributed by atoms with Crippen molar-refractivity contribution >= 4 is 35.6 Å². The molecule has 0 spiro atoms. The summed E-state index contributed by atoms with van der Waals surface area (Å²) in [5.41, 5.74) is 0. The molecule has 0 nitrogen and oxygen atoms in total. The summed E-state index contributed by atoms with van der Waals surface area (Å²) in [6.07, 6.45) is 0. The van der Waals surface area contributed by atoms with Crippen molar-refractivity contribution in [3.05, 3.63) is 91.0 Å². The Bertz CT molecular complexity index is 569. The molecule has 0 aliphatic carbocycles. The second-order valence-electron chi connectivity index (χ2n) is 5.01. The summed E-state index contributed by atoms with van der Waals surface area (Å²) >= 11 is 0. The Labute approximate surface area is 133 Å². The molecule has 0 fully saturated rings. The van der Waals surface area contributed by atoms with E-state index in [9.17, 15) is 0 Å². The van der Waals surface area contributed by atoms with Crippen LogP contribution in [0, 0.1) is 0 Å². The molecule has 0 radical (unpaired) electrons. The van der Waals surface area contributed by atoms with Crippen LogP contribution in [0.3, 0.4) is 0 Å². The van der Waals surface area contributed by atoms with Gasteiger partial charge in [-0.3, -0.25) is 0 Å². The molecule has 0 amide bonds. The van der Waals surface area contributed by atoms with E-state index in [1.54, 1.807) is 0 Å². The zero-order valence-electron chi connectivity index (χ0n) is 12.0. The van der Waals surface area contributed by atoms with Crippen molar-refractivity contribution in [3.63, 3.8) is 0 Å². The smallest absolute Gasteiger partial charge is 0.109 e. The van der Waals surface area contributed by atoms with Gasteiger partial charge < -0.3 is 0 Å². The van der Waals surface area contributed by atoms with E-state index in [1.807, 2.05) is 0 Å². The number of hydrogen-bond acceptors (Lipinski definition) is 0. The molecule has 0 aliphatic heterocycles. The van der Waals surface area contributed by atoms with Crippen molar-refractivity contribution in [3.8, 4) is 0 Å². The molecule has 0 aromatic heterocycles. The molecule has 3 rings (SSSR count). The Morgan fingerprint density at radius 3 is 0.952 bits per heavy atom. The van der Waals surface area contributed by atoms with Crippen molar-refractivity contribution in [1.29, 1.82) is 0 Å². The number of rotatable bonds is 3. The molecule has 0 unspecified atom stereocenters. The zero-order valence-corrected chi connectivity index (χ0v) is 13.7. The van der Waals surface area contributed by atoms with Gasteiger partial charge in [0.1, 0.15) is 23.2 Å². The minimum Gasteiger partial charge on any atom is -0.147 e. The number of benzene rings is 3. The summed E-state index contributed by atoms with van der Waals surface area (Å²) in [6.45, 7) is 2.41. The van der Waals surface area contributed by atoms with Crippen molar-refractivity contribution in [2.45, 2.75) is 0 Å². The molecule has 0 saturated heterocycles. The largest absolute Gasteiger partial charge is 0.147 e. The summed E-state index contributed by atoms with van der Waals surface area (Å²) in [4.78, 5) is 0. The van der Waals surface area contributed by atoms with E-state index in [0.717, 1.165) is 0 Å². The SMILES string of the molecule is C[P+](c1ccccc1)(c1ccccc1)c1ccccc1.Cl. The van der Waals surface area contributed by atoms with Gasteiger partial charge in [0.25, 0.3) is 0 Å². The van der Waals surface area contributed by atoms with Crippen LogP contribution in [0.25, 0.3) is 0 Å². The third kappa shape index (κ3) is 3.02. The standard InChI is InChI=1S/C19H18P.ClH/c1-20(17-11-5-2-6-12-17,18-13-7-3-8-14-18)19-15-9-4-10-16-19;/h2-16H,1H3;1H/q+1;. The minimum atomic E-state index is -1.53. The van der Waals surface area contributed by atoms with E-state index in [1.165, 1.54) is 15.9 Å². The quantitative estimate of drug-likeness (QED) is 0.640. The van der Waals surface area contributed by atoms with Crippen molar-refractivity contribution < 1.29 is 0 Å². The molecule has 21 heavy (non-hydrogen) atoms. The molecular weight excluding hydrogens is 295 g/mol. The van der Waals surface area contributed by atoms with Crippen LogP contribution in [0.4, 0.5) is 0 Å². The lowest BCUT2D eigenvalue weighted by Gasteiger charge is -2.22. The molecular formula is C19H19ClP+. The first-order valence-corrected chi connectivity index (χ1v) is 9.09. The Balaban J connectivity index is 0.00000161. The highest BCUT2D eigenvalue weighted by Crippen LogP contribution is 2.51. The van der Waals surface area contributed by atoms with Crippen LogP contribution in [0.5, 0.6) is 0 Å². The topological polar surface area (TPSA) is 0 Å². The fraction of sp³-hybridized carbons (Fsp3) is 0.0526. The molecule has 0 heterocycles. The van der Waals surface area contributed by atoms with E-state index in [0.29, 0.717) is 0 Å². The molecule has 0 atom stereocenters. The van der Waals surface area contributed by atoms with Crippen LogP contribution in [0.1, 0.15) is 0 Å². The summed E-state index contributed by atoms with van der Waals surface area (Å²) in [7, 11) is -1.53. The normalized spacial score (nSPS) is 10.7. The summed E-state index contributed by atoms with van der Waals surface area (Å²) in [6, 6.07) is 32.6. The van der Waals surface area contributed by atoms with Gasteiger partial charge in [-0.05, 0) is 36.4 Å². The van der Waals surface area contributed by atoms with E-state index >= 15 is 0 Å². The molecule has 0 saturated carbocycles. The Hall–Kier alpha value is -1.62. The first-order valence-electron chi connectivity index (χ1n) is 6.85. The molecule has 2 heteroatoms. The third-order valence-electron chi connectivity index (χ3n) is 3.82. The predicted molar refractivity (Wildman–Crippen MR) is 98.3 cm³/mol. The molecule has 3 aromatic carbocycles. The molecule has 0 N–H and O–H groups in total. The van der Waals surface area contributed by atoms with Crippen LogP contribution in [0.15, 0.2) is 91.0 Å². The second-order valence-corrected chi connectivity index (χ2v) is 8.57. The summed E-state index contributed by atoms with van der Waals surface area (Å²) in [5.74, 6) is 0. The summed E-state index contributed by atoms with van der Waals surface area (Å²) < 4.78 is 0. The van der Waals surface area contributed by atoms with Crippen molar-refractivity contribution in [2.75, 3.05) is 6.66 Å². The Kier molecular flexibility index (Phi) is 5.17.